The zero-order chi connectivity index (χ0) is 29.8. The number of rotatable bonds is 8. The van der Waals surface area contributed by atoms with Crippen molar-refractivity contribution >= 4 is 52.3 Å². The van der Waals surface area contributed by atoms with E-state index in [0.717, 1.165) is 16.0 Å². The molecule has 0 unspecified atom stereocenters. The smallest absolute Gasteiger partial charge is 0.326 e. The number of likely N-dealkylation sites (N-methyl/N-ethyl adjacent to an activating group) is 1. The summed E-state index contributed by atoms with van der Waals surface area (Å²) in [7, 11) is 3.05. The van der Waals surface area contributed by atoms with Gasteiger partial charge in [-0.3, -0.25) is 24.4 Å². The summed E-state index contributed by atoms with van der Waals surface area (Å²) in [5.41, 5.74) is 1.85. The highest BCUT2D eigenvalue weighted by Gasteiger charge is 2.45. The van der Waals surface area contributed by atoms with E-state index in [2.05, 4.69) is 0 Å². The van der Waals surface area contributed by atoms with Gasteiger partial charge in [0.25, 0.3) is 5.91 Å². The molecule has 222 valence electrons. The van der Waals surface area contributed by atoms with Crippen LogP contribution < -0.4 is 4.74 Å². The minimum Gasteiger partial charge on any atom is -0.492 e. The Hall–Kier alpha value is -3.15. The molecule has 1 aromatic heterocycles. The number of halogens is 2. The van der Waals surface area contributed by atoms with Gasteiger partial charge in [-0.25, -0.2) is 9.86 Å². The summed E-state index contributed by atoms with van der Waals surface area (Å²) in [5.74, 6) is 1.12. The van der Waals surface area contributed by atoms with Crippen LogP contribution in [0.5, 0.6) is 5.75 Å². The van der Waals surface area contributed by atoms with Crippen molar-refractivity contribution in [2.75, 3.05) is 53.5 Å². The van der Waals surface area contributed by atoms with Crippen LogP contribution in [0.2, 0.25) is 10.0 Å². The molecule has 2 aromatic carbocycles. The van der Waals surface area contributed by atoms with Crippen LogP contribution in [0, 0.1) is 0 Å². The molecule has 0 N–H and O–H groups in total. The number of benzene rings is 2. The third kappa shape index (κ3) is 6.43. The van der Waals surface area contributed by atoms with Gasteiger partial charge in [-0.15, -0.1) is 11.3 Å². The van der Waals surface area contributed by atoms with Gasteiger partial charge < -0.3 is 9.64 Å². The molecule has 0 spiro atoms. The summed E-state index contributed by atoms with van der Waals surface area (Å²) in [4.78, 5) is 43.6. The molecule has 3 amide bonds. The van der Waals surface area contributed by atoms with Crippen LogP contribution >= 0.6 is 34.5 Å². The third-order valence-corrected chi connectivity index (χ3v) is 8.85. The lowest BCUT2D eigenvalue weighted by Crippen LogP contribution is -2.55. The van der Waals surface area contributed by atoms with Crippen molar-refractivity contribution in [2.45, 2.75) is 19.0 Å². The van der Waals surface area contributed by atoms with Crippen molar-refractivity contribution < 1.29 is 19.2 Å². The molecule has 0 aliphatic carbocycles. The highest BCUT2D eigenvalue weighted by Crippen LogP contribution is 2.46. The van der Waals surface area contributed by atoms with Gasteiger partial charge in [0.15, 0.2) is 5.84 Å². The summed E-state index contributed by atoms with van der Waals surface area (Å²) in [6, 6.07) is 16.1. The summed E-state index contributed by atoms with van der Waals surface area (Å²) < 4.78 is 5.95. The number of urea groups is 1. The van der Waals surface area contributed by atoms with Gasteiger partial charge in [0.05, 0.1) is 26.3 Å². The Morgan fingerprint density at radius 3 is 2.19 bits per heavy atom. The van der Waals surface area contributed by atoms with Gasteiger partial charge in [-0.1, -0.05) is 47.5 Å². The van der Waals surface area contributed by atoms with Crippen LogP contribution in [0.15, 0.2) is 65.0 Å². The first-order valence-corrected chi connectivity index (χ1v) is 15.3. The molecule has 12 heteroatoms. The Morgan fingerprint density at radius 1 is 0.976 bits per heavy atom. The van der Waals surface area contributed by atoms with Gasteiger partial charge in [-0.05, 0) is 53.8 Å². The predicted molar refractivity (Wildman–Crippen MR) is 165 cm³/mol. The number of piperazine rings is 1. The van der Waals surface area contributed by atoms with E-state index < -0.39 is 6.04 Å². The summed E-state index contributed by atoms with van der Waals surface area (Å²) >= 11 is 14.0. The number of thiophene rings is 1. The molecule has 3 aromatic rings. The molecule has 1 saturated heterocycles. The Labute approximate surface area is 259 Å². The van der Waals surface area contributed by atoms with Crippen LogP contribution in [0.25, 0.3) is 0 Å². The van der Waals surface area contributed by atoms with Gasteiger partial charge in [0.2, 0.25) is 0 Å². The lowest BCUT2D eigenvalue weighted by molar-refractivity contribution is -0.170. The fourth-order valence-corrected chi connectivity index (χ4v) is 6.27. The molecule has 5 rings (SSSR count). The van der Waals surface area contributed by atoms with Crippen LogP contribution in [-0.2, 0) is 9.63 Å². The Morgan fingerprint density at radius 2 is 1.60 bits per heavy atom. The van der Waals surface area contributed by atoms with Crippen LogP contribution in [-0.4, -0.2) is 91.0 Å². The average Bonchev–Trinajstić information content (AvgIpc) is 3.62. The van der Waals surface area contributed by atoms with Crippen molar-refractivity contribution in [1.29, 1.82) is 0 Å². The van der Waals surface area contributed by atoms with E-state index in [4.69, 9.17) is 37.8 Å². The number of carbonyl (C=O) groups is 2. The van der Waals surface area contributed by atoms with E-state index in [0.29, 0.717) is 54.4 Å². The maximum atomic E-state index is 14.5. The minimum atomic E-state index is -0.433. The van der Waals surface area contributed by atoms with Crippen molar-refractivity contribution in [3.05, 3.63) is 86.0 Å². The fraction of sp³-hybridized carbons (Fsp3) is 0.367. The van der Waals surface area contributed by atoms with Gasteiger partial charge in [0, 0.05) is 43.3 Å². The van der Waals surface area contributed by atoms with Crippen molar-refractivity contribution in [3.8, 4) is 5.75 Å². The number of carbonyl (C=O) groups excluding carboxylic acids is 2. The number of ether oxygens (including phenoxy) is 1. The zero-order valence-corrected chi connectivity index (χ0v) is 26.0. The summed E-state index contributed by atoms with van der Waals surface area (Å²) in [6.07, 6.45) is 0. The number of hydroxylamine groups is 2. The number of amidine groups is 1. The van der Waals surface area contributed by atoms with Gasteiger partial charge in [-0.2, -0.15) is 0 Å². The van der Waals surface area contributed by atoms with Crippen LogP contribution in [0.4, 0.5) is 4.79 Å². The standard InChI is InChI=1S/C30H33Cl2N5O4S/c1-4-41-24-13-18-42-28(24)29-33-26(20-5-9-22(31)10-6-20)27(21-7-11-23(32)12-8-21)37(29)30(39)36-16-14-35(15-17-36)19-25(38)34(2)40-3/h5-13,18,26-27H,4,14-17,19H2,1-3H3/t26-,27+/m0/s1. The lowest BCUT2D eigenvalue weighted by Gasteiger charge is -2.39. The number of hydrogen-bond donors (Lipinski definition) is 0. The molecule has 3 heterocycles. The second-order valence-corrected chi connectivity index (χ2v) is 11.8. The minimum absolute atomic E-state index is 0.138. The predicted octanol–water partition coefficient (Wildman–Crippen LogP) is 5.76. The molecule has 0 radical (unpaired) electrons. The molecule has 42 heavy (non-hydrogen) atoms. The Bertz CT molecular complexity index is 1420. The normalized spacial score (nSPS) is 19.1. The first-order chi connectivity index (χ1) is 20.3. The van der Waals surface area contributed by atoms with E-state index in [1.165, 1.54) is 23.5 Å². The van der Waals surface area contributed by atoms with Crippen LogP contribution in [0.3, 0.4) is 0 Å². The van der Waals surface area contributed by atoms with Crippen LogP contribution in [0.1, 0.15) is 35.0 Å². The maximum absolute atomic E-state index is 14.5. The average molecular weight is 631 g/mol. The second-order valence-electron chi connectivity index (χ2n) is 9.98. The Balaban J connectivity index is 1.51. The molecule has 1 fully saturated rings. The molecule has 0 saturated carbocycles. The topological polar surface area (TPSA) is 77.9 Å². The maximum Gasteiger partial charge on any atom is 0.326 e. The van der Waals surface area contributed by atoms with E-state index >= 15 is 0 Å². The fourth-order valence-electron chi connectivity index (χ4n) is 5.20. The quantitative estimate of drug-likeness (QED) is 0.296. The number of nitrogens with zero attached hydrogens (tertiary/aromatic N) is 5. The summed E-state index contributed by atoms with van der Waals surface area (Å²) in [5, 5.41) is 4.41. The number of aliphatic imine (C=N–C) groups is 1. The third-order valence-electron chi connectivity index (χ3n) is 7.45. The van der Waals surface area contributed by atoms with E-state index in [-0.39, 0.29) is 24.5 Å². The molecule has 2 aliphatic rings. The molecule has 0 bridgehead atoms. The van der Waals surface area contributed by atoms with Gasteiger partial charge in [0.1, 0.15) is 16.7 Å². The largest absolute Gasteiger partial charge is 0.492 e. The number of amides is 3. The Kier molecular flexibility index (Phi) is 9.70. The van der Waals surface area contributed by atoms with Gasteiger partial charge >= 0.3 is 6.03 Å². The zero-order valence-electron chi connectivity index (χ0n) is 23.7. The summed E-state index contributed by atoms with van der Waals surface area (Å²) in [6.45, 7) is 4.70. The number of hydrogen-bond acceptors (Lipinski definition) is 7. The molecular formula is C30H33Cl2N5O4S. The first kappa shape index (κ1) is 30.3. The van der Waals surface area contributed by atoms with Crippen molar-refractivity contribution in [3.63, 3.8) is 0 Å². The monoisotopic (exact) mass is 629 g/mol. The van der Waals surface area contributed by atoms with E-state index in [1.807, 2.05) is 76.7 Å². The first-order valence-electron chi connectivity index (χ1n) is 13.7. The van der Waals surface area contributed by atoms with E-state index in [9.17, 15) is 9.59 Å². The lowest BCUT2D eigenvalue weighted by atomic mass is 9.94. The molecule has 2 aliphatic heterocycles. The molecule has 9 nitrogen and oxygen atoms in total. The second kappa shape index (κ2) is 13.4. The molecule has 2 atom stereocenters. The van der Waals surface area contributed by atoms with E-state index in [1.54, 1.807) is 11.9 Å². The van der Waals surface area contributed by atoms with Crippen molar-refractivity contribution in [1.82, 2.24) is 19.8 Å². The molecular weight excluding hydrogens is 597 g/mol. The SMILES string of the molecule is CCOc1ccsc1C1=N[C@@H](c2ccc(Cl)cc2)[C@@H](c2ccc(Cl)cc2)N1C(=O)N1CCN(CC(=O)N(C)OC)CC1. The van der Waals surface area contributed by atoms with Crippen molar-refractivity contribution in [2.24, 2.45) is 4.99 Å². The highest BCUT2D eigenvalue weighted by molar-refractivity contribution is 7.12. The highest BCUT2D eigenvalue weighted by atomic mass is 35.5.